The Bertz CT molecular complexity index is 2320. The molecule has 0 atom stereocenters. The van der Waals surface area contributed by atoms with Gasteiger partial charge in [0.15, 0.2) is 0 Å². The molecule has 47 heavy (non-hydrogen) atoms. The average molecular weight is 610 g/mol. The number of rotatable bonds is 6. The van der Waals surface area contributed by atoms with Crippen molar-refractivity contribution in [2.75, 3.05) is 0 Å². The maximum Gasteiger partial charge on any atom is 0.145 e. The van der Waals surface area contributed by atoms with E-state index in [9.17, 15) is 5.26 Å². The van der Waals surface area contributed by atoms with Crippen LogP contribution in [0.5, 0.6) is 0 Å². The van der Waals surface area contributed by atoms with Crippen molar-refractivity contribution in [2.45, 2.75) is 26.0 Å². The third-order valence-corrected chi connectivity index (χ3v) is 9.88. The van der Waals surface area contributed by atoms with E-state index in [1.807, 2.05) is 77.2 Å². The Morgan fingerprint density at radius 2 is 1.26 bits per heavy atom. The number of fused-ring (bicyclic) bond motifs is 3. The van der Waals surface area contributed by atoms with Crippen LogP contribution in [0.25, 0.3) is 66.6 Å². The van der Waals surface area contributed by atoms with Crippen LogP contribution in [0.1, 0.15) is 30.5 Å². The molecule has 0 unspecified atom stereocenters. The summed E-state index contributed by atoms with van der Waals surface area (Å²) in [5.41, 5.74) is 10.8. The first kappa shape index (κ1) is 30.3. The smallest absolute Gasteiger partial charge is 0.145 e. The molecule has 0 fully saturated rings. The summed E-state index contributed by atoms with van der Waals surface area (Å²) in [5, 5.41) is 11.6. The van der Waals surface area contributed by atoms with Gasteiger partial charge in [0.05, 0.1) is 17.3 Å². The maximum atomic E-state index is 15.7. The van der Waals surface area contributed by atoms with Crippen molar-refractivity contribution in [3.63, 3.8) is 0 Å². The number of hydrogen-bond donors (Lipinski definition) is 0. The highest BCUT2D eigenvalue weighted by Gasteiger charge is 2.29. The van der Waals surface area contributed by atoms with Crippen molar-refractivity contribution in [2.24, 2.45) is 5.92 Å². The van der Waals surface area contributed by atoms with Crippen LogP contribution in [-0.2, 0) is 5.21 Å². The van der Waals surface area contributed by atoms with Gasteiger partial charge < -0.3 is 4.42 Å². The fraction of sp³-hybridized carbons (Fsp3) is 0.122. The van der Waals surface area contributed by atoms with Crippen molar-refractivity contribution < 1.29 is 8.81 Å². The van der Waals surface area contributed by atoms with Crippen LogP contribution < -0.4 is 0 Å². The Hall–Kier alpha value is -5.40. The lowest BCUT2D eigenvalue weighted by Gasteiger charge is -2.30. The van der Waals surface area contributed by atoms with Gasteiger partial charge in [-0.15, -0.1) is 0 Å². The second-order valence-corrected chi connectivity index (χ2v) is 13.2. The summed E-state index contributed by atoms with van der Waals surface area (Å²) in [4.78, 5) is 4.76. The molecule has 7 aromatic rings. The number of pyridine rings is 1. The van der Waals surface area contributed by atoms with Crippen molar-refractivity contribution in [3.8, 4) is 50.7 Å². The van der Waals surface area contributed by atoms with E-state index in [0.29, 0.717) is 28.0 Å². The van der Waals surface area contributed by atoms with Gasteiger partial charge in [-0.25, -0.2) is 4.39 Å². The topological polar surface area (TPSA) is 49.8 Å². The average Bonchev–Trinajstić information content (AvgIpc) is 3.46. The normalized spacial score (nSPS) is 11.7. The van der Waals surface area contributed by atoms with Crippen molar-refractivity contribution >= 4 is 37.6 Å². The Kier molecular flexibility index (Phi) is 7.57. The van der Waals surface area contributed by atoms with Gasteiger partial charge in [-0.05, 0) is 58.0 Å². The largest absolute Gasteiger partial charge is 0.455 e. The van der Waals surface area contributed by atoms with Crippen LogP contribution in [0.15, 0.2) is 120 Å². The molecule has 6 heteroatoms. The number of aromatic nitrogens is 1. The number of aryl methyl sites for hydroxylation is 1. The first-order valence-electron chi connectivity index (χ1n) is 16.0. The molecule has 0 N–H and O–H groups in total. The third-order valence-electron chi connectivity index (χ3n) is 9.88. The summed E-state index contributed by atoms with van der Waals surface area (Å²) in [6, 6.07) is 38.9. The Morgan fingerprint density at radius 1 is 0.723 bits per heavy atom. The van der Waals surface area contributed by atoms with Gasteiger partial charge in [-0.3, -0.25) is 4.98 Å². The number of hydrogen-bond acceptors (Lipinski definition) is 3. The van der Waals surface area contributed by atoms with Crippen LogP contribution in [0.2, 0.25) is 0 Å². The highest BCUT2D eigenvalue weighted by atomic mass is 19.1. The summed E-state index contributed by atoms with van der Waals surface area (Å²) in [6.45, 7) is 6.17. The number of benzene rings is 5. The zero-order valence-electron chi connectivity index (χ0n) is 27.2. The summed E-state index contributed by atoms with van der Waals surface area (Å²) in [5.74, 6) is -0.0318. The molecule has 0 bridgehead atoms. The minimum absolute atomic E-state index is 0.243. The van der Waals surface area contributed by atoms with Crippen LogP contribution in [-0.4, -0.2) is 20.7 Å². The van der Waals surface area contributed by atoms with Crippen LogP contribution in [0, 0.1) is 30.0 Å². The molecule has 0 aliphatic carbocycles. The molecular formula is C41H33B2FN2O. The van der Waals surface area contributed by atoms with Crippen molar-refractivity contribution in [3.05, 3.63) is 138 Å². The minimum atomic E-state index is -0.361. The predicted molar refractivity (Wildman–Crippen MR) is 196 cm³/mol. The Morgan fingerprint density at radius 3 is 1.81 bits per heavy atom. The van der Waals surface area contributed by atoms with Gasteiger partial charge >= 0.3 is 0 Å². The van der Waals surface area contributed by atoms with Gasteiger partial charge in [0.25, 0.3) is 0 Å². The number of furan rings is 1. The Labute approximate surface area is 276 Å². The monoisotopic (exact) mass is 610 g/mol. The molecule has 0 aliphatic rings. The number of halogens is 1. The zero-order valence-corrected chi connectivity index (χ0v) is 27.2. The quantitative estimate of drug-likeness (QED) is 0.177. The lowest BCUT2D eigenvalue weighted by atomic mass is 9.46. The van der Waals surface area contributed by atoms with Gasteiger partial charge in [0, 0.05) is 34.2 Å². The highest BCUT2D eigenvalue weighted by Crippen LogP contribution is 2.43. The molecule has 0 spiro atoms. The zero-order chi connectivity index (χ0) is 32.9. The molecule has 0 saturated heterocycles. The highest BCUT2D eigenvalue weighted by molar-refractivity contribution is 6.40. The fourth-order valence-corrected chi connectivity index (χ4v) is 6.37. The lowest BCUT2D eigenvalue weighted by molar-refractivity contribution is 0.525. The molecule has 0 radical (unpaired) electrons. The molecule has 0 aliphatic heterocycles. The first-order chi connectivity index (χ1) is 22.7. The number of nitriles is 1. The van der Waals surface area contributed by atoms with E-state index in [1.165, 1.54) is 17.2 Å². The number of nitrogens with zero attached hydrogens (tertiary/aromatic N) is 2. The van der Waals surface area contributed by atoms with Gasteiger partial charge in [0.2, 0.25) is 0 Å². The summed E-state index contributed by atoms with van der Waals surface area (Å²) >= 11 is 0. The molecule has 0 saturated carbocycles. The van der Waals surface area contributed by atoms with E-state index in [-0.39, 0.29) is 16.9 Å². The van der Waals surface area contributed by atoms with Gasteiger partial charge in [-0.2, -0.15) is 5.26 Å². The standard InChI is InChI=1S/C41H33B2FN2O/c1-24(2)41(42,43)34-23-46-36(21-35(34)44)37-25(3)9-19-32-33-20-18-31(22-45)38(40(33)47-39(32)37)30-16-14-29(15-17-30)28-12-10-27(11-13-28)26-7-5-4-6-8-26/h4-21,23-24H,42-43H2,1-3H3. The molecule has 3 nitrogen and oxygen atoms in total. The Balaban J connectivity index is 1.32. The van der Waals surface area contributed by atoms with Gasteiger partial charge in [-0.1, -0.05) is 116 Å². The third kappa shape index (κ3) is 5.22. The molecule has 226 valence electrons. The maximum absolute atomic E-state index is 15.7. The minimum Gasteiger partial charge on any atom is -0.455 e. The molecule has 0 amide bonds. The van der Waals surface area contributed by atoms with Crippen LogP contribution >= 0.6 is 0 Å². The van der Waals surface area contributed by atoms with Crippen LogP contribution in [0.3, 0.4) is 0 Å². The second-order valence-electron chi connectivity index (χ2n) is 13.2. The second kappa shape index (κ2) is 11.8. The summed E-state index contributed by atoms with van der Waals surface area (Å²) < 4.78 is 22.3. The van der Waals surface area contributed by atoms with Crippen molar-refractivity contribution in [1.29, 1.82) is 5.26 Å². The van der Waals surface area contributed by atoms with E-state index in [0.717, 1.165) is 44.2 Å². The van der Waals surface area contributed by atoms with E-state index in [2.05, 4.69) is 68.4 Å². The fourth-order valence-electron chi connectivity index (χ4n) is 6.37. The molecule has 2 heterocycles. The summed E-state index contributed by atoms with van der Waals surface area (Å²) in [7, 11) is 4.09. The lowest BCUT2D eigenvalue weighted by Crippen LogP contribution is -2.34. The summed E-state index contributed by atoms with van der Waals surface area (Å²) in [6.07, 6.45) is 1.67. The van der Waals surface area contributed by atoms with Crippen LogP contribution in [0.4, 0.5) is 4.39 Å². The first-order valence-corrected chi connectivity index (χ1v) is 16.0. The predicted octanol–water partition coefficient (Wildman–Crippen LogP) is 9.04. The van der Waals surface area contributed by atoms with E-state index in [1.54, 1.807) is 6.20 Å². The molecule has 5 aromatic carbocycles. The molecule has 2 aromatic heterocycles. The van der Waals surface area contributed by atoms with E-state index in [4.69, 9.17) is 9.40 Å². The molecule has 7 rings (SSSR count). The van der Waals surface area contributed by atoms with E-state index < -0.39 is 0 Å². The van der Waals surface area contributed by atoms with Gasteiger partial charge in [0.1, 0.15) is 32.7 Å². The molecular weight excluding hydrogens is 577 g/mol. The van der Waals surface area contributed by atoms with E-state index >= 15 is 4.39 Å². The SMILES string of the molecule is BC(B)(c1cnc(-c2c(C)ccc3c2oc2c(-c4ccc(-c5ccc(-c6ccccc6)cc5)cc4)c(C#N)ccc23)cc1F)C(C)C. The van der Waals surface area contributed by atoms with Crippen molar-refractivity contribution in [1.82, 2.24) is 4.98 Å².